The molecule has 0 saturated heterocycles. The van der Waals surface area contributed by atoms with Gasteiger partial charge in [-0.05, 0) is 47.7 Å². The van der Waals surface area contributed by atoms with Crippen LogP contribution < -0.4 is 5.73 Å². The molecule has 0 atom stereocenters. The van der Waals surface area contributed by atoms with E-state index < -0.39 is 11.9 Å². The van der Waals surface area contributed by atoms with Crippen molar-refractivity contribution >= 4 is 40.2 Å². The molecular weight excluding hydrogens is 425 g/mol. The minimum Gasteiger partial charge on any atom is -0.464 e. The van der Waals surface area contributed by atoms with Crippen LogP contribution in [0.1, 0.15) is 33.3 Å². The van der Waals surface area contributed by atoms with Crippen LogP contribution in [0.4, 0.5) is 5.69 Å². The predicted molar refractivity (Wildman–Crippen MR) is 94.9 cm³/mol. The number of ether oxygens (including phenoxy) is 2. The van der Waals surface area contributed by atoms with E-state index in [4.69, 9.17) is 20.5 Å². The van der Waals surface area contributed by atoms with Gasteiger partial charge in [0.05, 0.1) is 36.2 Å². The van der Waals surface area contributed by atoms with E-state index in [-0.39, 0.29) is 23.6 Å². The van der Waals surface area contributed by atoms with Crippen LogP contribution in [0.2, 0.25) is 0 Å². The zero-order chi connectivity index (χ0) is 17.9. The zero-order valence-corrected chi connectivity index (χ0v) is 15.2. The monoisotopic (exact) mass is 439 g/mol. The van der Waals surface area contributed by atoms with Crippen molar-refractivity contribution < 1.29 is 19.1 Å². The minimum atomic E-state index is -0.653. The molecule has 124 valence electrons. The predicted octanol–water partition coefficient (Wildman–Crippen LogP) is 2.50. The summed E-state index contributed by atoms with van der Waals surface area (Å²) in [5.74, 6) is -1.08. The molecule has 7 nitrogen and oxygen atoms in total. The summed E-state index contributed by atoms with van der Waals surface area (Å²) in [6.45, 7) is 2.01. The van der Waals surface area contributed by atoms with E-state index in [0.717, 1.165) is 0 Å². The largest absolute Gasteiger partial charge is 0.464 e. The third kappa shape index (κ3) is 3.21. The van der Waals surface area contributed by atoms with E-state index in [1.54, 1.807) is 25.1 Å². The van der Waals surface area contributed by atoms with Crippen molar-refractivity contribution in [3.63, 3.8) is 0 Å². The molecule has 0 amide bonds. The molecule has 0 aliphatic heterocycles. The first-order valence-corrected chi connectivity index (χ1v) is 7.98. The first-order chi connectivity index (χ1) is 11.4. The third-order valence-corrected chi connectivity index (χ3v) is 4.13. The first-order valence-electron chi connectivity index (χ1n) is 6.90. The fraction of sp³-hybridized carbons (Fsp3) is 0.188. The topological polar surface area (TPSA) is 107 Å². The number of methoxy groups -OCH3 is 1. The van der Waals surface area contributed by atoms with Crippen molar-refractivity contribution in [2.24, 2.45) is 0 Å². The third-order valence-electron chi connectivity index (χ3n) is 3.26. The molecule has 0 bridgehead atoms. The molecule has 0 aliphatic carbocycles. The molecule has 1 aromatic heterocycles. The molecule has 1 heterocycles. The number of nitrogens with two attached hydrogens (primary N) is 1. The maximum atomic E-state index is 12.0. The summed E-state index contributed by atoms with van der Waals surface area (Å²) >= 11 is 2.03. The van der Waals surface area contributed by atoms with Crippen molar-refractivity contribution in [2.75, 3.05) is 19.5 Å². The number of benzene rings is 1. The summed E-state index contributed by atoms with van der Waals surface area (Å²) in [6, 6.07) is 6.81. The fourth-order valence-corrected chi connectivity index (χ4v) is 2.92. The number of aromatic nitrogens is 1. The Balaban J connectivity index is 2.59. The van der Waals surface area contributed by atoms with Gasteiger partial charge in [0, 0.05) is 9.77 Å². The average molecular weight is 439 g/mol. The Morgan fingerprint density at radius 2 is 2.08 bits per heavy atom. The number of halogens is 1. The van der Waals surface area contributed by atoms with Gasteiger partial charge in [0.1, 0.15) is 6.07 Å². The summed E-state index contributed by atoms with van der Waals surface area (Å²) in [4.78, 5) is 23.8. The molecule has 0 radical (unpaired) electrons. The van der Waals surface area contributed by atoms with E-state index in [1.165, 1.54) is 17.9 Å². The Morgan fingerprint density at radius 1 is 1.38 bits per heavy atom. The van der Waals surface area contributed by atoms with E-state index in [1.807, 2.05) is 28.7 Å². The highest BCUT2D eigenvalue weighted by atomic mass is 127. The average Bonchev–Trinajstić information content (AvgIpc) is 2.90. The smallest absolute Gasteiger partial charge is 0.357 e. The number of nitrogen functional groups attached to an aromatic ring is 1. The summed E-state index contributed by atoms with van der Waals surface area (Å²) in [6.07, 6.45) is 1.46. The van der Waals surface area contributed by atoms with Gasteiger partial charge in [-0.1, -0.05) is 0 Å². The van der Waals surface area contributed by atoms with Crippen LogP contribution in [0.25, 0.3) is 5.69 Å². The van der Waals surface area contributed by atoms with Crippen LogP contribution in [0.15, 0.2) is 24.4 Å². The van der Waals surface area contributed by atoms with Crippen LogP contribution in [0.5, 0.6) is 0 Å². The van der Waals surface area contributed by atoms with Crippen LogP contribution in [0.3, 0.4) is 0 Å². The number of rotatable bonds is 4. The second-order valence-corrected chi connectivity index (χ2v) is 5.83. The quantitative estimate of drug-likeness (QED) is 0.580. The van der Waals surface area contributed by atoms with Gasteiger partial charge in [0.2, 0.25) is 0 Å². The van der Waals surface area contributed by atoms with E-state index in [0.29, 0.717) is 14.8 Å². The van der Waals surface area contributed by atoms with E-state index in [9.17, 15) is 9.59 Å². The normalized spacial score (nSPS) is 10.1. The lowest BCUT2D eigenvalue weighted by Gasteiger charge is -2.11. The summed E-state index contributed by atoms with van der Waals surface area (Å²) in [5.41, 5.74) is 7.15. The highest BCUT2D eigenvalue weighted by molar-refractivity contribution is 14.1. The lowest BCUT2D eigenvalue weighted by atomic mass is 10.2. The van der Waals surface area contributed by atoms with Gasteiger partial charge in [-0.15, -0.1) is 0 Å². The standard InChI is InChI=1S/C16H14IN3O4/c1-3-24-15(21)9-4-5-12(11(17)6-9)20-8-10(7-18)13(19)14(20)16(22)23-2/h4-6,8H,3,19H2,1-2H3. The molecule has 24 heavy (non-hydrogen) atoms. The fourth-order valence-electron chi connectivity index (χ4n) is 2.15. The van der Waals surface area contributed by atoms with Crippen molar-refractivity contribution in [2.45, 2.75) is 6.92 Å². The number of carbonyl (C=O) groups is 2. The summed E-state index contributed by atoms with van der Waals surface area (Å²) in [5, 5.41) is 9.14. The van der Waals surface area contributed by atoms with Gasteiger partial charge in [0.15, 0.2) is 5.69 Å². The molecular formula is C16H14IN3O4. The lowest BCUT2D eigenvalue weighted by molar-refractivity contribution is 0.0525. The Kier molecular flexibility index (Phi) is 5.46. The highest BCUT2D eigenvalue weighted by Gasteiger charge is 2.23. The number of nitrogens with zero attached hydrogens (tertiary/aromatic N) is 2. The zero-order valence-electron chi connectivity index (χ0n) is 13.0. The van der Waals surface area contributed by atoms with Crippen LogP contribution in [0, 0.1) is 14.9 Å². The van der Waals surface area contributed by atoms with E-state index in [2.05, 4.69) is 0 Å². The minimum absolute atomic E-state index is 0.0506. The number of anilines is 1. The second kappa shape index (κ2) is 7.35. The SMILES string of the molecule is CCOC(=O)c1ccc(-n2cc(C#N)c(N)c2C(=O)OC)c(I)c1. The molecule has 0 spiro atoms. The van der Waals surface area contributed by atoms with Crippen molar-refractivity contribution in [3.05, 3.63) is 44.8 Å². The Bertz CT molecular complexity index is 852. The van der Waals surface area contributed by atoms with E-state index >= 15 is 0 Å². The molecule has 0 aliphatic rings. The molecule has 0 unspecified atom stereocenters. The first kappa shape index (κ1) is 17.8. The summed E-state index contributed by atoms with van der Waals surface area (Å²) < 4.78 is 11.9. The van der Waals surface area contributed by atoms with Crippen LogP contribution >= 0.6 is 22.6 Å². The van der Waals surface area contributed by atoms with Crippen LogP contribution in [-0.2, 0) is 9.47 Å². The molecule has 0 saturated carbocycles. The number of hydrogen-bond acceptors (Lipinski definition) is 6. The summed E-state index contributed by atoms with van der Waals surface area (Å²) in [7, 11) is 1.24. The number of esters is 2. The Hall–Kier alpha value is -2.54. The van der Waals surface area contributed by atoms with Crippen LogP contribution in [-0.4, -0.2) is 30.2 Å². The van der Waals surface area contributed by atoms with Gasteiger partial charge in [0.25, 0.3) is 0 Å². The van der Waals surface area contributed by atoms with Gasteiger partial charge in [-0.3, -0.25) is 0 Å². The Morgan fingerprint density at radius 3 is 2.62 bits per heavy atom. The van der Waals surface area contributed by atoms with Gasteiger partial charge in [-0.2, -0.15) is 5.26 Å². The highest BCUT2D eigenvalue weighted by Crippen LogP contribution is 2.28. The number of hydrogen-bond donors (Lipinski definition) is 1. The maximum absolute atomic E-state index is 12.0. The van der Waals surface area contributed by atoms with Gasteiger partial charge < -0.3 is 19.8 Å². The molecule has 8 heteroatoms. The molecule has 2 rings (SSSR count). The molecule has 2 aromatic rings. The van der Waals surface area contributed by atoms with Crippen molar-refractivity contribution in [1.29, 1.82) is 5.26 Å². The number of carbonyl (C=O) groups excluding carboxylic acids is 2. The van der Waals surface area contributed by atoms with Crippen molar-refractivity contribution in [3.8, 4) is 11.8 Å². The molecule has 2 N–H and O–H groups in total. The maximum Gasteiger partial charge on any atom is 0.357 e. The van der Waals surface area contributed by atoms with Gasteiger partial charge in [-0.25, -0.2) is 9.59 Å². The Labute approximate surface area is 152 Å². The molecule has 1 aromatic carbocycles. The second-order valence-electron chi connectivity index (χ2n) is 4.67. The van der Waals surface area contributed by atoms with Gasteiger partial charge >= 0.3 is 11.9 Å². The molecule has 0 fully saturated rings. The number of nitriles is 1. The lowest BCUT2D eigenvalue weighted by Crippen LogP contribution is -2.12. The van der Waals surface area contributed by atoms with Crippen molar-refractivity contribution in [1.82, 2.24) is 4.57 Å².